The van der Waals surface area contributed by atoms with Gasteiger partial charge in [0, 0.05) is 76.6 Å². The Bertz CT molecular complexity index is 1610. The molecule has 2 saturated heterocycles. The van der Waals surface area contributed by atoms with Crippen molar-refractivity contribution in [1.82, 2.24) is 20.0 Å². The van der Waals surface area contributed by atoms with E-state index in [2.05, 4.69) is 82.1 Å². The quantitative estimate of drug-likeness (QED) is 0.230. The molecule has 0 spiro atoms. The van der Waals surface area contributed by atoms with E-state index in [-0.39, 0.29) is 6.09 Å². The fraction of sp³-hybridized carbons (Fsp3) is 0.537. The molecule has 10 nitrogen and oxygen atoms in total. The van der Waals surface area contributed by atoms with E-state index in [4.69, 9.17) is 14.2 Å². The van der Waals surface area contributed by atoms with Gasteiger partial charge in [-0.15, -0.1) is 0 Å². The molecule has 1 N–H and O–H groups in total. The summed E-state index contributed by atoms with van der Waals surface area (Å²) in [7, 11) is 0. The average Bonchev–Trinajstić information content (AvgIpc) is 3.05. The first kappa shape index (κ1) is 41.1. The number of hydrogen-bond donors (Lipinski definition) is 1. The zero-order valence-corrected chi connectivity index (χ0v) is 32.0. The van der Waals surface area contributed by atoms with E-state index in [0.717, 1.165) is 74.6 Å². The normalized spacial score (nSPS) is 15.5. The Morgan fingerprint density at radius 3 is 1.55 bits per heavy atom. The van der Waals surface area contributed by atoms with E-state index in [9.17, 15) is 14.4 Å². The predicted molar refractivity (Wildman–Crippen MR) is 200 cm³/mol. The maximum absolute atomic E-state index is 12.2. The topological polar surface area (TPSA) is 101 Å². The molecule has 2 aromatic rings. The van der Waals surface area contributed by atoms with Crippen molar-refractivity contribution in [2.24, 2.45) is 0 Å². The van der Waals surface area contributed by atoms with Gasteiger partial charge in [0.15, 0.2) is 11.2 Å². The zero-order valence-electron chi connectivity index (χ0n) is 32.0. The van der Waals surface area contributed by atoms with E-state index in [1.165, 1.54) is 11.1 Å². The van der Waals surface area contributed by atoms with Crippen LogP contribution in [0.3, 0.4) is 0 Å². The molecule has 0 aromatic heterocycles. The number of aryl methyl sites for hydroxylation is 2. The second-order valence-electron chi connectivity index (χ2n) is 15.0. The highest BCUT2D eigenvalue weighted by molar-refractivity contribution is 5.68. The molecule has 2 aromatic carbocycles. The Morgan fingerprint density at radius 2 is 1.14 bits per heavy atom. The van der Waals surface area contributed by atoms with Crippen LogP contribution in [0.2, 0.25) is 0 Å². The lowest BCUT2D eigenvalue weighted by atomic mass is 10.0. The molecule has 2 heterocycles. The Morgan fingerprint density at radius 1 is 0.706 bits per heavy atom. The summed E-state index contributed by atoms with van der Waals surface area (Å²) in [5.41, 5.74) is 4.52. The molecule has 0 aliphatic carbocycles. The van der Waals surface area contributed by atoms with Crippen LogP contribution in [0, 0.1) is 37.5 Å². The molecule has 10 heteroatoms. The van der Waals surface area contributed by atoms with Crippen molar-refractivity contribution in [3.8, 4) is 23.7 Å². The molecule has 2 aliphatic heterocycles. The molecule has 276 valence electrons. The monoisotopic (exact) mass is 700 g/mol. The van der Waals surface area contributed by atoms with Crippen LogP contribution in [-0.2, 0) is 36.9 Å². The van der Waals surface area contributed by atoms with Gasteiger partial charge in [0.25, 0.3) is 12.9 Å². The fourth-order valence-corrected chi connectivity index (χ4v) is 5.39. The molecule has 0 atom stereocenters. The number of rotatable bonds is 8. The Hall–Kier alpha value is -4.35. The van der Waals surface area contributed by atoms with Gasteiger partial charge in [-0.05, 0) is 96.7 Å². The summed E-state index contributed by atoms with van der Waals surface area (Å²) in [6.45, 7) is 26.4. The summed E-state index contributed by atoms with van der Waals surface area (Å²) >= 11 is 0. The van der Waals surface area contributed by atoms with Crippen LogP contribution in [0.25, 0.3) is 0 Å². The Balaban J connectivity index is 0.000000286. The molecule has 2 fully saturated rings. The number of amides is 1. The van der Waals surface area contributed by atoms with Crippen LogP contribution < -0.4 is 5.32 Å². The highest BCUT2D eigenvalue weighted by Crippen LogP contribution is 2.18. The molecule has 0 radical (unpaired) electrons. The lowest BCUT2D eigenvalue weighted by molar-refractivity contribution is -0.136. The van der Waals surface area contributed by atoms with Gasteiger partial charge in [-0.25, -0.2) is 4.79 Å². The predicted octanol–water partition coefficient (Wildman–Crippen LogP) is 5.05. The summed E-state index contributed by atoms with van der Waals surface area (Å²) in [5.74, 6) is 12.4. The molecule has 4 rings (SSSR count). The number of piperazine rings is 2. The van der Waals surface area contributed by atoms with Crippen molar-refractivity contribution in [3.05, 3.63) is 69.8 Å². The van der Waals surface area contributed by atoms with Crippen LogP contribution in [0.5, 0.6) is 0 Å². The largest absolute Gasteiger partial charge is 0.449 e. The second-order valence-corrected chi connectivity index (χ2v) is 15.0. The van der Waals surface area contributed by atoms with Gasteiger partial charge in [-0.3, -0.25) is 19.4 Å². The lowest BCUT2D eigenvalue weighted by Gasteiger charge is -2.35. The highest BCUT2D eigenvalue weighted by atomic mass is 16.6. The first-order valence-electron chi connectivity index (χ1n) is 17.6. The number of ether oxygens (including phenoxy) is 3. The van der Waals surface area contributed by atoms with E-state index in [0.29, 0.717) is 26.0 Å². The van der Waals surface area contributed by atoms with Gasteiger partial charge >= 0.3 is 6.09 Å². The summed E-state index contributed by atoms with van der Waals surface area (Å²) < 4.78 is 15.5. The van der Waals surface area contributed by atoms with Gasteiger partial charge in [0.05, 0.1) is 0 Å². The third-order valence-corrected chi connectivity index (χ3v) is 8.23. The van der Waals surface area contributed by atoms with E-state index in [1.807, 2.05) is 27.7 Å². The third-order valence-electron chi connectivity index (χ3n) is 8.23. The maximum Gasteiger partial charge on any atom is 0.410 e. The Kier molecular flexibility index (Phi) is 15.1. The van der Waals surface area contributed by atoms with E-state index in [1.54, 1.807) is 32.6 Å². The van der Waals surface area contributed by atoms with Gasteiger partial charge in [-0.2, -0.15) is 0 Å². The standard InChI is InChI=1S/C23H32N2O4.C18H24N2O2/c1-18-7-8-20(19(15-18)9-10-23(5,6)28-17-26)16-24-11-13-25(14-12-24)21(27)29-22(2,3)4;1-15-4-5-17(13-20-10-8-19-9-11-20)16(12-15)6-7-18(2,3)22-14-21/h7-8,15,17H,11-14,16H2,1-6H3;4-5,12,14,19H,8-11,13H2,1-3H3. The number of benzene rings is 2. The SMILES string of the molecule is Cc1ccc(CN2CCN(C(=O)OC(C)(C)C)CC2)c(C#CC(C)(C)OC=O)c1.Cc1ccc(CN2CCNCC2)c(C#CC(C)(C)OC=O)c1. The van der Waals surface area contributed by atoms with Crippen molar-refractivity contribution in [1.29, 1.82) is 0 Å². The summed E-state index contributed by atoms with van der Waals surface area (Å²) in [6.07, 6.45) is -0.253. The minimum atomic E-state index is -0.832. The van der Waals surface area contributed by atoms with Gasteiger partial charge in [0.2, 0.25) is 0 Å². The molecule has 0 unspecified atom stereocenters. The smallest absolute Gasteiger partial charge is 0.410 e. The number of carbonyl (C=O) groups is 3. The van der Waals surface area contributed by atoms with E-state index < -0.39 is 16.8 Å². The molecular formula is C41H56N4O6. The molecule has 51 heavy (non-hydrogen) atoms. The van der Waals surface area contributed by atoms with Crippen LogP contribution >= 0.6 is 0 Å². The lowest BCUT2D eigenvalue weighted by Crippen LogP contribution is -2.49. The third kappa shape index (κ3) is 14.8. The number of nitrogens with zero attached hydrogens (tertiary/aromatic N) is 3. The van der Waals surface area contributed by atoms with Crippen LogP contribution in [-0.4, -0.2) is 103 Å². The zero-order chi connectivity index (χ0) is 37.7. The van der Waals surface area contributed by atoms with Crippen molar-refractivity contribution in [3.63, 3.8) is 0 Å². The van der Waals surface area contributed by atoms with Crippen LogP contribution in [0.1, 0.15) is 81.8 Å². The van der Waals surface area contributed by atoms with Crippen LogP contribution in [0.4, 0.5) is 4.79 Å². The summed E-state index contributed by atoms with van der Waals surface area (Å²) in [6, 6.07) is 12.6. The van der Waals surface area contributed by atoms with Crippen LogP contribution in [0.15, 0.2) is 36.4 Å². The minimum absolute atomic E-state index is 0.253. The Labute approximate surface area is 305 Å². The fourth-order valence-electron chi connectivity index (χ4n) is 5.39. The number of nitrogens with one attached hydrogen (secondary N) is 1. The molecular weight excluding hydrogens is 644 g/mol. The number of carbonyl (C=O) groups excluding carboxylic acids is 3. The highest BCUT2D eigenvalue weighted by Gasteiger charge is 2.26. The molecule has 1 amide bonds. The molecule has 2 aliphatic rings. The van der Waals surface area contributed by atoms with E-state index >= 15 is 0 Å². The van der Waals surface area contributed by atoms with Gasteiger partial charge in [0.1, 0.15) is 5.60 Å². The minimum Gasteiger partial charge on any atom is -0.449 e. The summed E-state index contributed by atoms with van der Waals surface area (Å²) in [4.78, 5) is 39.9. The van der Waals surface area contributed by atoms with Crippen molar-refractivity contribution < 1.29 is 28.6 Å². The first-order chi connectivity index (χ1) is 24.0. The average molecular weight is 701 g/mol. The number of hydrogen-bond acceptors (Lipinski definition) is 9. The second kappa shape index (κ2) is 18.8. The van der Waals surface area contributed by atoms with Crippen molar-refractivity contribution in [2.75, 3.05) is 52.4 Å². The van der Waals surface area contributed by atoms with Crippen molar-refractivity contribution in [2.45, 2.75) is 92.2 Å². The molecule has 0 bridgehead atoms. The van der Waals surface area contributed by atoms with Gasteiger partial charge in [-0.1, -0.05) is 47.9 Å². The van der Waals surface area contributed by atoms with Gasteiger partial charge < -0.3 is 24.4 Å². The maximum atomic E-state index is 12.2. The summed E-state index contributed by atoms with van der Waals surface area (Å²) in [5, 5.41) is 3.36. The first-order valence-corrected chi connectivity index (χ1v) is 17.6. The van der Waals surface area contributed by atoms with Crippen molar-refractivity contribution >= 4 is 19.0 Å². The molecule has 0 saturated carbocycles.